The van der Waals surface area contributed by atoms with Crippen LogP contribution in [-0.4, -0.2) is 23.9 Å². The molecule has 1 unspecified atom stereocenters. The molecule has 0 aliphatic heterocycles. The SMILES string of the molecule is CC(Cl)C(=O)NC(=O)Nc1ccc(OC(F)F)cc1. The molecule has 1 rings (SSSR count). The van der Waals surface area contributed by atoms with E-state index in [-0.39, 0.29) is 5.75 Å². The summed E-state index contributed by atoms with van der Waals surface area (Å²) in [7, 11) is 0. The Balaban J connectivity index is 2.53. The number of hydrogen-bond donors (Lipinski definition) is 2. The van der Waals surface area contributed by atoms with Crippen molar-refractivity contribution >= 4 is 29.2 Å². The maximum absolute atomic E-state index is 11.9. The number of alkyl halides is 3. The minimum atomic E-state index is -2.91. The van der Waals surface area contributed by atoms with Crippen LogP contribution in [0, 0.1) is 0 Å². The van der Waals surface area contributed by atoms with Crippen molar-refractivity contribution in [3.8, 4) is 5.75 Å². The lowest BCUT2D eigenvalue weighted by Gasteiger charge is -2.08. The molecule has 0 heterocycles. The highest BCUT2D eigenvalue weighted by Gasteiger charge is 2.13. The van der Waals surface area contributed by atoms with E-state index in [2.05, 4.69) is 10.1 Å². The van der Waals surface area contributed by atoms with Gasteiger partial charge in [0.1, 0.15) is 11.1 Å². The third-order valence-electron chi connectivity index (χ3n) is 1.94. The van der Waals surface area contributed by atoms with E-state index in [0.717, 1.165) is 0 Å². The Morgan fingerprint density at radius 2 is 1.84 bits per heavy atom. The zero-order chi connectivity index (χ0) is 14.4. The Morgan fingerprint density at radius 1 is 1.26 bits per heavy atom. The van der Waals surface area contributed by atoms with Crippen molar-refractivity contribution in [1.29, 1.82) is 0 Å². The smallest absolute Gasteiger partial charge is 0.387 e. The van der Waals surface area contributed by atoms with Crippen molar-refractivity contribution in [3.63, 3.8) is 0 Å². The van der Waals surface area contributed by atoms with Gasteiger partial charge in [-0.25, -0.2) is 4.79 Å². The minimum Gasteiger partial charge on any atom is -0.435 e. The molecule has 0 aromatic heterocycles. The van der Waals surface area contributed by atoms with E-state index in [9.17, 15) is 18.4 Å². The van der Waals surface area contributed by atoms with Gasteiger partial charge in [-0.3, -0.25) is 10.1 Å². The van der Waals surface area contributed by atoms with Crippen LogP contribution in [0.3, 0.4) is 0 Å². The van der Waals surface area contributed by atoms with Crippen molar-refractivity contribution in [2.45, 2.75) is 18.9 Å². The van der Waals surface area contributed by atoms with E-state index < -0.39 is 23.9 Å². The lowest BCUT2D eigenvalue weighted by Crippen LogP contribution is -2.38. The van der Waals surface area contributed by atoms with Crippen molar-refractivity contribution in [3.05, 3.63) is 24.3 Å². The minimum absolute atomic E-state index is 0.0357. The molecule has 104 valence electrons. The number of nitrogens with one attached hydrogen (secondary N) is 2. The number of amides is 3. The molecule has 0 bridgehead atoms. The third kappa shape index (κ3) is 5.52. The first-order valence-electron chi connectivity index (χ1n) is 5.19. The molecule has 1 aromatic rings. The van der Waals surface area contributed by atoms with Crippen LogP contribution in [0.1, 0.15) is 6.92 Å². The summed E-state index contributed by atoms with van der Waals surface area (Å²) in [6.45, 7) is -1.49. The molecular weight excluding hydrogens is 282 g/mol. The predicted molar refractivity (Wildman–Crippen MR) is 65.6 cm³/mol. The quantitative estimate of drug-likeness (QED) is 0.838. The largest absolute Gasteiger partial charge is 0.435 e. The lowest BCUT2D eigenvalue weighted by molar-refractivity contribution is -0.119. The van der Waals surface area contributed by atoms with Crippen molar-refractivity contribution in [1.82, 2.24) is 5.32 Å². The molecule has 3 amide bonds. The number of benzene rings is 1. The van der Waals surface area contributed by atoms with Crippen LogP contribution in [-0.2, 0) is 4.79 Å². The molecule has 0 saturated carbocycles. The average molecular weight is 293 g/mol. The molecule has 0 aliphatic carbocycles. The monoisotopic (exact) mass is 292 g/mol. The van der Waals surface area contributed by atoms with Gasteiger partial charge in [0, 0.05) is 5.69 Å². The first-order chi connectivity index (χ1) is 8.88. The van der Waals surface area contributed by atoms with Crippen LogP contribution in [0.15, 0.2) is 24.3 Å². The Hall–Kier alpha value is -1.89. The lowest BCUT2D eigenvalue weighted by atomic mass is 10.3. The number of anilines is 1. The first-order valence-corrected chi connectivity index (χ1v) is 5.63. The second kappa shape index (κ2) is 6.89. The zero-order valence-corrected chi connectivity index (χ0v) is 10.6. The topological polar surface area (TPSA) is 67.4 Å². The van der Waals surface area contributed by atoms with Gasteiger partial charge < -0.3 is 10.1 Å². The fraction of sp³-hybridized carbons (Fsp3) is 0.273. The predicted octanol–water partition coefficient (Wildman–Crippen LogP) is 2.56. The van der Waals surface area contributed by atoms with E-state index in [0.29, 0.717) is 5.69 Å². The van der Waals surface area contributed by atoms with Gasteiger partial charge >= 0.3 is 12.6 Å². The van der Waals surface area contributed by atoms with Gasteiger partial charge in [-0.05, 0) is 31.2 Å². The maximum atomic E-state index is 11.9. The highest BCUT2D eigenvalue weighted by atomic mass is 35.5. The van der Waals surface area contributed by atoms with Crippen LogP contribution in [0.4, 0.5) is 19.3 Å². The fourth-order valence-electron chi connectivity index (χ4n) is 1.09. The second-order valence-corrected chi connectivity index (χ2v) is 4.12. The third-order valence-corrected chi connectivity index (χ3v) is 2.13. The van der Waals surface area contributed by atoms with Gasteiger partial charge in [0.25, 0.3) is 0 Å². The van der Waals surface area contributed by atoms with E-state index >= 15 is 0 Å². The molecule has 1 aromatic carbocycles. The summed E-state index contributed by atoms with van der Waals surface area (Å²) in [4.78, 5) is 22.4. The van der Waals surface area contributed by atoms with Gasteiger partial charge in [0.15, 0.2) is 0 Å². The summed E-state index contributed by atoms with van der Waals surface area (Å²) in [5, 5.41) is 3.50. The number of ether oxygens (including phenoxy) is 1. The molecule has 5 nitrogen and oxygen atoms in total. The van der Waals surface area contributed by atoms with Crippen LogP contribution >= 0.6 is 11.6 Å². The van der Waals surface area contributed by atoms with Crippen LogP contribution in [0.2, 0.25) is 0 Å². The van der Waals surface area contributed by atoms with E-state index in [1.165, 1.54) is 31.2 Å². The highest BCUT2D eigenvalue weighted by molar-refractivity contribution is 6.31. The molecule has 2 N–H and O–H groups in total. The van der Waals surface area contributed by atoms with Crippen LogP contribution in [0.5, 0.6) is 5.75 Å². The van der Waals surface area contributed by atoms with Gasteiger partial charge in [0.05, 0.1) is 0 Å². The van der Waals surface area contributed by atoms with Crippen LogP contribution in [0.25, 0.3) is 0 Å². The summed E-state index contributed by atoms with van der Waals surface area (Å²) >= 11 is 5.46. The molecule has 1 atom stereocenters. The Kier molecular flexibility index (Phi) is 5.50. The Bertz CT molecular complexity index is 452. The molecule has 0 aliphatic rings. The summed E-state index contributed by atoms with van der Waals surface area (Å²) in [5.41, 5.74) is 0.314. The summed E-state index contributed by atoms with van der Waals surface area (Å²) in [5.74, 6) is -0.678. The molecule has 8 heteroatoms. The number of carbonyl (C=O) groups excluding carboxylic acids is 2. The van der Waals surface area contributed by atoms with E-state index in [1.807, 2.05) is 5.32 Å². The van der Waals surface area contributed by atoms with E-state index in [1.54, 1.807) is 0 Å². The number of urea groups is 1. The fourth-order valence-corrected chi connectivity index (χ4v) is 1.15. The van der Waals surface area contributed by atoms with Gasteiger partial charge in [-0.1, -0.05) is 0 Å². The summed E-state index contributed by atoms with van der Waals surface area (Å²) < 4.78 is 27.9. The molecule has 19 heavy (non-hydrogen) atoms. The number of hydrogen-bond acceptors (Lipinski definition) is 3. The molecule has 0 radical (unpaired) electrons. The average Bonchev–Trinajstić information content (AvgIpc) is 2.30. The van der Waals surface area contributed by atoms with Crippen molar-refractivity contribution in [2.75, 3.05) is 5.32 Å². The normalized spacial score (nSPS) is 11.8. The molecular formula is C11H11ClF2N2O3. The molecule has 0 saturated heterocycles. The number of carbonyl (C=O) groups is 2. The molecule has 0 fully saturated rings. The van der Waals surface area contributed by atoms with E-state index in [4.69, 9.17) is 11.6 Å². The Labute approximate surface area is 112 Å². The number of halogens is 3. The van der Waals surface area contributed by atoms with Crippen molar-refractivity contribution in [2.24, 2.45) is 0 Å². The summed E-state index contributed by atoms with van der Waals surface area (Å²) in [6, 6.07) is 4.46. The van der Waals surface area contributed by atoms with Gasteiger partial charge in [-0.2, -0.15) is 8.78 Å². The number of rotatable bonds is 4. The van der Waals surface area contributed by atoms with Gasteiger partial charge in [-0.15, -0.1) is 11.6 Å². The van der Waals surface area contributed by atoms with Crippen molar-refractivity contribution < 1.29 is 23.1 Å². The Morgan fingerprint density at radius 3 is 2.32 bits per heavy atom. The standard InChI is InChI=1S/C11H11ClF2N2O3/c1-6(12)9(17)16-11(18)15-7-2-4-8(5-3-7)19-10(13)14/h2-6,10H,1H3,(H2,15,16,17,18). The zero-order valence-electron chi connectivity index (χ0n) is 9.82. The summed E-state index contributed by atoms with van der Waals surface area (Å²) in [6.07, 6.45) is 0. The first kappa shape index (κ1) is 15.2. The maximum Gasteiger partial charge on any atom is 0.387 e. The number of imide groups is 1. The second-order valence-electron chi connectivity index (χ2n) is 3.46. The molecule has 0 spiro atoms. The van der Waals surface area contributed by atoms with Crippen LogP contribution < -0.4 is 15.4 Å². The van der Waals surface area contributed by atoms with Gasteiger partial charge in [0.2, 0.25) is 5.91 Å². The highest BCUT2D eigenvalue weighted by Crippen LogP contribution is 2.17.